The lowest BCUT2D eigenvalue weighted by molar-refractivity contribution is -0.0460. The van der Waals surface area contributed by atoms with Crippen LogP contribution in [0, 0.1) is 29.1 Å². The molecule has 0 saturated heterocycles. The van der Waals surface area contributed by atoms with Crippen LogP contribution in [0.3, 0.4) is 0 Å². The van der Waals surface area contributed by atoms with E-state index < -0.39 is 17.8 Å². The van der Waals surface area contributed by atoms with Crippen molar-refractivity contribution in [1.82, 2.24) is 0 Å². The molecule has 0 aliphatic heterocycles. The van der Waals surface area contributed by atoms with Crippen LogP contribution in [0.1, 0.15) is 85.5 Å². The third kappa shape index (κ3) is 5.24. The minimum absolute atomic E-state index is 0.0858. The highest BCUT2D eigenvalue weighted by atomic mass is 16.3. The van der Waals surface area contributed by atoms with Gasteiger partial charge in [0.2, 0.25) is 0 Å². The molecule has 0 bridgehead atoms. The summed E-state index contributed by atoms with van der Waals surface area (Å²) in [6, 6.07) is 0. The molecule has 4 nitrogen and oxygen atoms in total. The van der Waals surface area contributed by atoms with Gasteiger partial charge in [-0.2, -0.15) is 0 Å². The van der Waals surface area contributed by atoms with E-state index in [1.54, 1.807) is 6.92 Å². The van der Waals surface area contributed by atoms with Crippen molar-refractivity contribution >= 4 is 0 Å². The SMILES string of the molecule is C=C1/C(=C\C=C2/CCC[C@@]3(C)C2CC[C@@H]3[C@H](C)CC[C@H](C)[C@@](C)(O)CO)C[C@@H](O)C[C@@H]1O. The Morgan fingerprint density at radius 3 is 2.59 bits per heavy atom. The molecule has 0 heterocycles. The first-order valence-electron chi connectivity index (χ1n) is 12.8. The molecule has 4 heteroatoms. The van der Waals surface area contributed by atoms with Crippen LogP contribution in [0.2, 0.25) is 0 Å². The van der Waals surface area contributed by atoms with Gasteiger partial charge in [-0.1, -0.05) is 51.5 Å². The van der Waals surface area contributed by atoms with Crippen molar-refractivity contribution in [2.75, 3.05) is 6.61 Å². The Bertz CT molecular complexity index is 736. The maximum atomic E-state index is 10.4. The van der Waals surface area contributed by atoms with E-state index in [-0.39, 0.29) is 12.5 Å². The highest BCUT2D eigenvalue weighted by molar-refractivity contribution is 5.38. The van der Waals surface area contributed by atoms with Crippen molar-refractivity contribution in [2.45, 2.75) is 103 Å². The van der Waals surface area contributed by atoms with E-state index in [1.807, 2.05) is 6.92 Å². The summed E-state index contributed by atoms with van der Waals surface area (Å²) < 4.78 is 0. The summed E-state index contributed by atoms with van der Waals surface area (Å²) in [5, 5.41) is 40.0. The average Bonchev–Trinajstić information content (AvgIpc) is 3.10. The fourth-order valence-corrected chi connectivity index (χ4v) is 6.86. The summed E-state index contributed by atoms with van der Waals surface area (Å²) in [6.45, 7) is 12.5. The van der Waals surface area contributed by atoms with Crippen LogP contribution in [0.15, 0.2) is 35.5 Å². The zero-order valence-corrected chi connectivity index (χ0v) is 20.7. The number of hydrogen-bond donors (Lipinski definition) is 4. The molecule has 1 unspecified atom stereocenters. The van der Waals surface area contributed by atoms with Crippen LogP contribution in [0.5, 0.6) is 0 Å². The molecule has 0 radical (unpaired) electrons. The first-order chi connectivity index (χ1) is 15.0. The second kappa shape index (κ2) is 10.1. The Morgan fingerprint density at radius 1 is 1.19 bits per heavy atom. The minimum atomic E-state index is -1.000. The molecular weight excluding hydrogens is 400 g/mol. The van der Waals surface area contributed by atoms with E-state index in [0.29, 0.717) is 36.0 Å². The minimum Gasteiger partial charge on any atom is -0.393 e. The number of aliphatic hydroxyl groups excluding tert-OH is 3. The highest BCUT2D eigenvalue weighted by Gasteiger charge is 2.50. The van der Waals surface area contributed by atoms with E-state index >= 15 is 0 Å². The standard InChI is InChI=1S/C28H46O4/c1-18(8-9-19(2)28(5,32)17-29)24-12-13-25-21(7-6-14-27(24,25)4)10-11-22-15-23(30)16-26(31)20(22)3/h10-11,18-19,23-26,29-32H,3,6-9,12-17H2,1-2,4-5H3/b21-10+,22-11-/t18-,19+,23-,24-,25?,26+,27-,28+/m1/s1. The van der Waals surface area contributed by atoms with E-state index in [4.69, 9.17) is 0 Å². The first-order valence-corrected chi connectivity index (χ1v) is 12.8. The van der Waals surface area contributed by atoms with Crippen molar-refractivity contribution < 1.29 is 20.4 Å². The number of fused-ring (bicyclic) bond motifs is 1. The van der Waals surface area contributed by atoms with E-state index in [9.17, 15) is 20.4 Å². The molecule has 3 saturated carbocycles. The van der Waals surface area contributed by atoms with Crippen LogP contribution in [-0.4, -0.2) is 44.8 Å². The van der Waals surface area contributed by atoms with Gasteiger partial charge in [0.1, 0.15) is 0 Å². The molecule has 32 heavy (non-hydrogen) atoms. The molecule has 0 amide bonds. The Balaban J connectivity index is 1.70. The summed E-state index contributed by atoms with van der Waals surface area (Å²) in [5.74, 6) is 1.97. The number of rotatable bonds is 7. The van der Waals surface area contributed by atoms with Crippen molar-refractivity contribution in [2.24, 2.45) is 29.1 Å². The van der Waals surface area contributed by atoms with Crippen molar-refractivity contribution in [3.63, 3.8) is 0 Å². The third-order valence-electron chi connectivity index (χ3n) is 9.43. The molecule has 3 rings (SSSR count). The summed E-state index contributed by atoms with van der Waals surface area (Å²) in [4.78, 5) is 0. The molecule has 4 N–H and O–H groups in total. The predicted octanol–water partition coefficient (Wildman–Crippen LogP) is 4.92. The van der Waals surface area contributed by atoms with Crippen molar-refractivity contribution in [1.29, 1.82) is 0 Å². The van der Waals surface area contributed by atoms with Crippen LogP contribution >= 0.6 is 0 Å². The lowest BCUT2D eigenvalue weighted by Crippen LogP contribution is -2.38. The van der Waals surface area contributed by atoms with Crippen LogP contribution in [0.4, 0.5) is 0 Å². The monoisotopic (exact) mass is 446 g/mol. The molecule has 3 aliphatic rings. The predicted molar refractivity (Wildman–Crippen MR) is 130 cm³/mol. The zero-order valence-electron chi connectivity index (χ0n) is 20.7. The largest absolute Gasteiger partial charge is 0.393 e. The first kappa shape index (κ1) is 25.7. The van der Waals surface area contributed by atoms with E-state index in [1.165, 1.54) is 31.3 Å². The normalized spacial score (nSPS) is 39.7. The average molecular weight is 447 g/mol. The van der Waals surface area contributed by atoms with Gasteiger partial charge in [0.05, 0.1) is 24.4 Å². The summed E-state index contributed by atoms with van der Waals surface area (Å²) in [7, 11) is 0. The molecule has 3 fully saturated rings. The van der Waals surface area contributed by atoms with Gasteiger partial charge in [0, 0.05) is 6.42 Å². The van der Waals surface area contributed by atoms with Crippen molar-refractivity contribution in [3.8, 4) is 0 Å². The van der Waals surface area contributed by atoms with Gasteiger partial charge in [-0.15, -0.1) is 0 Å². The van der Waals surface area contributed by atoms with Crippen LogP contribution < -0.4 is 0 Å². The van der Waals surface area contributed by atoms with Gasteiger partial charge in [0.25, 0.3) is 0 Å². The third-order valence-corrected chi connectivity index (χ3v) is 9.43. The fourth-order valence-electron chi connectivity index (χ4n) is 6.86. The summed E-state index contributed by atoms with van der Waals surface area (Å²) in [5.41, 5.74) is 2.59. The van der Waals surface area contributed by atoms with Gasteiger partial charge in [-0.05, 0) is 92.1 Å². The lowest BCUT2D eigenvalue weighted by atomic mass is 9.60. The fraction of sp³-hybridized carbons (Fsp3) is 0.786. The molecule has 3 aliphatic carbocycles. The maximum absolute atomic E-state index is 10.4. The Morgan fingerprint density at radius 2 is 1.91 bits per heavy atom. The molecular formula is C28H46O4. The molecule has 8 atom stereocenters. The Kier molecular flexibility index (Phi) is 8.13. The topological polar surface area (TPSA) is 80.9 Å². The van der Waals surface area contributed by atoms with Gasteiger partial charge < -0.3 is 20.4 Å². The van der Waals surface area contributed by atoms with Crippen LogP contribution in [-0.2, 0) is 0 Å². The molecule has 0 aromatic carbocycles. The number of allylic oxidation sites excluding steroid dienone is 3. The smallest absolute Gasteiger partial charge is 0.0874 e. The zero-order chi connectivity index (χ0) is 23.7. The van der Waals surface area contributed by atoms with Gasteiger partial charge in [-0.25, -0.2) is 0 Å². The maximum Gasteiger partial charge on any atom is 0.0874 e. The van der Waals surface area contributed by atoms with E-state index in [0.717, 1.165) is 30.4 Å². The molecule has 0 aromatic heterocycles. The molecule has 0 aromatic rings. The van der Waals surface area contributed by atoms with Crippen molar-refractivity contribution in [3.05, 3.63) is 35.5 Å². The van der Waals surface area contributed by atoms with E-state index in [2.05, 4.69) is 32.6 Å². The summed E-state index contributed by atoms with van der Waals surface area (Å²) in [6.07, 6.45) is 12.4. The van der Waals surface area contributed by atoms with Crippen LogP contribution in [0.25, 0.3) is 0 Å². The molecule has 0 spiro atoms. The summed E-state index contributed by atoms with van der Waals surface area (Å²) >= 11 is 0. The second-order valence-corrected chi connectivity index (χ2v) is 11.6. The Hall–Kier alpha value is -0.940. The lowest BCUT2D eigenvalue weighted by Gasteiger charge is -2.44. The second-order valence-electron chi connectivity index (χ2n) is 11.6. The van der Waals surface area contributed by atoms with Gasteiger partial charge >= 0.3 is 0 Å². The number of aliphatic hydroxyl groups is 4. The number of hydrogen-bond acceptors (Lipinski definition) is 4. The Labute approximate surface area is 195 Å². The highest BCUT2D eigenvalue weighted by Crippen LogP contribution is 2.60. The van der Waals surface area contributed by atoms with Gasteiger partial charge in [0.15, 0.2) is 0 Å². The van der Waals surface area contributed by atoms with Gasteiger partial charge in [-0.3, -0.25) is 0 Å². The quantitative estimate of drug-likeness (QED) is 0.447. The molecule has 182 valence electrons.